The minimum absolute atomic E-state index is 0.0674. The van der Waals surface area contributed by atoms with Gasteiger partial charge in [-0.05, 0) is 43.3 Å². The van der Waals surface area contributed by atoms with Crippen LogP contribution in [0.4, 0.5) is 5.69 Å². The lowest BCUT2D eigenvalue weighted by molar-refractivity contribution is -0.118. The summed E-state index contributed by atoms with van der Waals surface area (Å²) in [5, 5.41) is 20.4. The quantitative estimate of drug-likeness (QED) is 0.587. The van der Waals surface area contributed by atoms with E-state index < -0.39 is 11.9 Å². The Labute approximate surface area is 162 Å². The first-order valence-corrected chi connectivity index (χ1v) is 8.38. The smallest absolute Gasteiger partial charge is 0.338 e. The Balaban J connectivity index is 1.98. The SMILES string of the molecule is CCOC(=O)c1ccc(NC(=O)COc2ccccc2C=C(C#N)C#N)cc1. The van der Waals surface area contributed by atoms with Crippen LogP contribution in [0.15, 0.2) is 54.1 Å². The monoisotopic (exact) mass is 375 g/mol. The number of ether oxygens (including phenoxy) is 2. The van der Waals surface area contributed by atoms with Crippen molar-refractivity contribution in [1.82, 2.24) is 0 Å². The Morgan fingerprint density at radius 3 is 2.39 bits per heavy atom. The van der Waals surface area contributed by atoms with Crippen molar-refractivity contribution >= 4 is 23.6 Å². The molecule has 1 amide bonds. The standard InChI is InChI=1S/C21H17N3O4/c1-2-27-21(26)16-7-9-18(10-8-16)24-20(25)14-28-19-6-4-3-5-17(19)11-15(12-22)13-23/h3-11H,2,14H2,1H3,(H,24,25). The Kier molecular flexibility index (Phi) is 7.33. The molecule has 2 rings (SSSR count). The molecular weight excluding hydrogens is 358 g/mol. The number of hydrogen-bond donors (Lipinski definition) is 1. The highest BCUT2D eigenvalue weighted by atomic mass is 16.5. The number of esters is 1. The van der Waals surface area contributed by atoms with Crippen molar-refractivity contribution < 1.29 is 19.1 Å². The fourth-order valence-corrected chi connectivity index (χ4v) is 2.22. The molecule has 0 atom stereocenters. The normalized spacial score (nSPS) is 9.39. The maximum absolute atomic E-state index is 12.1. The summed E-state index contributed by atoms with van der Waals surface area (Å²) < 4.78 is 10.4. The first-order chi connectivity index (χ1) is 13.6. The van der Waals surface area contributed by atoms with Gasteiger partial charge < -0.3 is 14.8 Å². The molecule has 0 bridgehead atoms. The van der Waals surface area contributed by atoms with Crippen molar-refractivity contribution in [2.75, 3.05) is 18.5 Å². The third-order valence-corrected chi connectivity index (χ3v) is 3.50. The highest BCUT2D eigenvalue weighted by molar-refractivity contribution is 5.93. The van der Waals surface area contributed by atoms with Gasteiger partial charge in [0.05, 0.1) is 12.2 Å². The summed E-state index contributed by atoms with van der Waals surface area (Å²) in [4.78, 5) is 23.7. The number of amides is 1. The van der Waals surface area contributed by atoms with Crippen LogP contribution in [0.25, 0.3) is 6.08 Å². The van der Waals surface area contributed by atoms with E-state index in [0.29, 0.717) is 22.6 Å². The first kappa shape index (κ1) is 20.2. The Morgan fingerprint density at radius 1 is 1.07 bits per heavy atom. The molecule has 140 valence electrons. The lowest BCUT2D eigenvalue weighted by Crippen LogP contribution is -2.20. The maximum Gasteiger partial charge on any atom is 0.338 e. The molecule has 0 aliphatic rings. The molecule has 0 unspecified atom stereocenters. The summed E-state index contributed by atoms with van der Waals surface area (Å²) in [5.41, 5.74) is 1.35. The van der Waals surface area contributed by atoms with Crippen LogP contribution in [0.5, 0.6) is 5.75 Å². The van der Waals surface area contributed by atoms with Crippen LogP contribution in [0.1, 0.15) is 22.8 Å². The molecule has 0 radical (unpaired) electrons. The van der Waals surface area contributed by atoms with Gasteiger partial charge in [0.25, 0.3) is 5.91 Å². The Bertz CT molecular complexity index is 950. The number of hydrogen-bond acceptors (Lipinski definition) is 6. The van der Waals surface area contributed by atoms with Gasteiger partial charge in [0.2, 0.25) is 0 Å². The Morgan fingerprint density at radius 2 is 1.75 bits per heavy atom. The van der Waals surface area contributed by atoms with Crippen LogP contribution < -0.4 is 10.1 Å². The number of allylic oxidation sites excluding steroid dienone is 1. The number of para-hydroxylation sites is 1. The van der Waals surface area contributed by atoms with Gasteiger partial charge in [0, 0.05) is 11.3 Å². The molecule has 7 nitrogen and oxygen atoms in total. The van der Waals surface area contributed by atoms with Crippen LogP contribution in [0.2, 0.25) is 0 Å². The first-order valence-electron chi connectivity index (χ1n) is 8.38. The summed E-state index contributed by atoms with van der Waals surface area (Å²) in [5.74, 6) is -0.454. The second-order valence-corrected chi connectivity index (χ2v) is 5.45. The summed E-state index contributed by atoms with van der Waals surface area (Å²) in [6.07, 6.45) is 1.39. The van der Waals surface area contributed by atoms with Crippen molar-refractivity contribution in [3.05, 3.63) is 65.2 Å². The molecular formula is C21H17N3O4. The lowest BCUT2D eigenvalue weighted by Gasteiger charge is -2.10. The van der Waals surface area contributed by atoms with Crippen LogP contribution in [0.3, 0.4) is 0 Å². The van der Waals surface area contributed by atoms with E-state index in [-0.39, 0.29) is 18.8 Å². The molecule has 0 saturated carbocycles. The van der Waals surface area contributed by atoms with Crippen LogP contribution in [-0.2, 0) is 9.53 Å². The number of carbonyl (C=O) groups is 2. The third-order valence-electron chi connectivity index (χ3n) is 3.50. The number of carbonyl (C=O) groups excluding carboxylic acids is 2. The molecule has 2 aromatic carbocycles. The fraction of sp³-hybridized carbons (Fsp3) is 0.143. The average Bonchev–Trinajstić information content (AvgIpc) is 2.72. The van der Waals surface area contributed by atoms with E-state index >= 15 is 0 Å². The fourth-order valence-electron chi connectivity index (χ4n) is 2.22. The van der Waals surface area contributed by atoms with E-state index in [2.05, 4.69) is 5.32 Å². The molecule has 0 heterocycles. The van der Waals surface area contributed by atoms with Crippen molar-refractivity contribution in [3.8, 4) is 17.9 Å². The van der Waals surface area contributed by atoms with Crippen molar-refractivity contribution in [1.29, 1.82) is 10.5 Å². The molecule has 0 saturated heterocycles. The number of nitrogens with zero attached hydrogens (tertiary/aromatic N) is 2. The molecule has 7 heteroatoms. The van der Waals surface area contributed by atoms with E-state index in [1.54, 1.807) is 67.6 Å². The minimum atomic E-state index is -0.428. The number of anilines is 1. The predicted octanol–water partition coefficient (Wildman–Crippen LogP) is 3.31. The minimum Gasteiger partial charge on any atom is -0.483 e. The third kappa shape index (κ3) is 5.72. The zero-order valence-corrected chi connectivity index (χ0v) is 15.1. The van der Waals surface area contributed by atoms with Crippen molar-refractivity contribution in [2.45, 2.75) is 6.92 Å². The average molecular weight is 375 g/mol. The topological polar surface area (TPSA) is 112 Å². The summed E-state index contributed by atoms with van der Waals surface area (Å²) in [6.45, 7) is 1.75. The maximum atomic E-state index is 12.1. The second kappa shape index (κ2) is 10.1. The lowest BCUT2D eigenvalue weighted by atomic mass is 10.1. The summed E-state index contributed by atoms with van der Waals surface area (Å²) in [6, 6.07) is 16.6. The highest BCUT2D eigenvalue weighted by Gasteiger charge is 2.09. The van der Waals surface area contributed by atoms with E-state index in [1.807, 2.05) is 0 Å². The van der Waals surface area contributed by atoms with Gasteiger partial charge in [0.1, 0.15) is 23.5 Å². The molecule has 0 spiro atoms. The van der Waals surface area contributed by atoms with Gasteiger partial charge in [-0.2, -0.15) is 10.5 Å². The molecule has 1 N–H and O–H groups in total. The van der Waals surface area contributed by atoms with E-state index in [9.17, 15) is 9.59 Å². The molecule has 0 fully saturated rings. The van der Waals surface area contributed by atoms with E-state index in [4.69, 9.17) is 20.0 Å². The Hall–Kier alpha value is -4.10. The largest absolute Gasteiger partial charge is 0.483 e. The van der Waals surface area contributed by atoms with Crippen LogP contribution >= 0.6 is 0 Å². The molecule has 28 heavy (non-hydrogen) atoms. The summed E-state index contributed by atoms with van der Waals surface area (Å²) >= 11 is 0. The van der Waals surface area contributed by atoms with Gasteiger partial charge in [-0.15, -0.1) is 0 Å². The van der Waals surface area contributed by atoms with Gasteiger partial charge in [0.15, 0.2) is 6.61 Å². The van der Waals surface area contributed by atoms with Gasteiger partial charge in [-0.3, -0.25) is 4.79 Å². The van der Waals surface area contributed by atoms with Crippen LogP contribution in [0, 0.1) is 22.7 Å². The zero-order valence-electron chi connectivity index (χ0n) is 15.1. The van der Waals surface area contributed by atoms with E-state index in [1.165, 1.54) is 6.08 Å². The zero-order chi connectivity index (χ0) is 20.4. The number of rotatable bonds is 7. The molecule has 0 aromatic heterocycles. The highest BCUT2D eigenvalue weighted by Crippen LogP contribution is 2.21. The van der Waals surface area contributed by atoms with Crippen LogP contribution in [-0.4, -0.2) is 25.1 Å². The molecule has 0 aliphatic carbocycles. The van der Waals surface area contributed by atoms with Gasteiger partial charge in [-0.1, -0.05) is 18.2 Å². The van der Waals surface area contributed by atoms with E-state index in [0.717, 1.165) is 0 Å². The second-order valence-electron chi connectivity index (χ2n) is 5.45. The summed E-state index contributed by atoms with van der Waals surface area (Å²) in [7, 11) is 0. The van der Waals surface area contributed by atoms with Gasteiger partial charge in [-0.25, -0.2) is 4.79 Å². The number of nitriles is 2. The number of benzene rings is 2. The van der Waals surface area contributed by atoms with Gasteiger partial charge >= 0.3 is 5.97 Å². The predicted molar refractivity (Wildman–Crippen MR) is 102 cm³/mol. The van der Waals surface area contributed by atoms with Crippen molar-refractivity contribution in [3.63, 3.8) is 0 Å². The van der Waals surface area contributed by atoms with Crippen molar-refractivity contribution in [2.24, 2.45) is 0 Å². The molecule has 0 aliphatic heterocycles. The molecule has 2 aromatic rings. The number of nitrogens with one attached hydrogen (secondary N) is 1.